The number of esters is 2. The maximum absolute atomic E-state index is 12.9. The lowest BCUT2D eigenvalue weighted by Crippen LogP contribution is -2.36. The smallest absolute Gasteiger partial charge is 0.462 e. The molecule has 0 aliphatic carbocycles. The van der Waals surface area contributed by atoms with Crippen LogP contribution < -0.4 is 11.4 Å². The number of ketones is 1. The van der Waals surface area contributed by atoms with Crippen LogP contribution in [0.15, 0.2) is 41.4 Å². The van der Waals surface area contributed by atoms with E-state index in [0.717, 1.165) is 93.7 Å². The number of ether oxygens (including phenoxy) is 3. The van der Waals surface area contributed by atoms with Crippen molar-refractivity contribution in [2.24, 2.45) is 5.92 Å². The second kappa shape index (κ2) is 38.5. The van der Waals surface area contributed by atoms with Crippen molar-refractivity contribution in [1.29, 1.82) is 0 Å². The number of nitrogens with zero attached hydrogens (tertiary/aromatic N) is 2. The highest BCUT2D eigenvalue weighted by Crippen LogP contribution is 2.60. The van der Waals surface area contributed by atoms with Crippen molar-refractivity contribution in [3.63, 3.8) is 0 Å². The predicted octanol–water partition coefficient (Wildman–Crippen LogP) is 10.4. The van der Waals surface area contributed by atoms with Gasteiger partial charge in [-0.1, -0.05) is 167 Å². The van der Waals surface area contributed by atoms with Crippen LogP contribution in [-0.4, -0.2) is 91.5 Å². The fraction of sp³-hybridized carbons (Fsp3) is 0.784. The van der Waals surface area contributed by atoms with Crippen LogP contribution in [0, 0.1) is 5.92 Å². The molecule has 1 aromatic rings. The molecule has 1 aliphatic heterocycles. The zero-order valence-electron chi connectivity index (χ0n) is 43.4. The topological polar surface area (TPSA) is 283 Å². The number of hydrogen-bond donors (Lipinski definition) is 5. The summed E-state index contributed by atoms with van der Waals surface area (Å²) in [5.74, 6) is -0.421. The summed E-state index contributed by atoms with van der Waals surface area (Å²) in [5.41, 5.74) is 4.58. The number of unbranched alkanes of at least 4 members (excludes halogenated alkanes) is 21. The van der Waals surface area contributed by atoms with E-state index >= 15 is 0 Å². The van der Waals surface area contributed by atoms with Crippen molar-refractivity contribution >= 4 is 39.2 Å². The third-order valence-electron chi connectivity index (χ3n) is 12.2. The second-order valence-electron chi connectivity index (χ2n) is 19.2. The number of aromatic nitrogens is 2. The van der Waals surface area contributed by atoms with E-state index in [1.807, 2.05) is 12.2 Å². The SMILES string of the molecule is CCCCCC(=O)/C=C/C=C\CCCCCCCC(=O)OC[C@H](COP(=O)(O)OP(=O)(O)OC[C@H]1O[C@@H](n2ccc(N)nc2=O)[C@H](O)[C@@H]1O)OC(=O)CCCCCCCCCCCCCCCCCC(C)C. The van der Waals surface area contributed by atoms with Crippen molar-refractivity contribution in [2.45, 2.75) is 231 Å². The van der Waals surface area contributed by atoms with E-state index in [0.29, 0.717) is 19.3 Å². The van der Waals surface area contributed by atoms with Gasteiger partial charge in [-0.3, -0.25) is 28.0 Å². The van der Waals surface area contributed by atoms with Crippen molar-refractivity contribution in [3.05, 3.63) is 47.1 Å². The number of carbonyl (C=O) groups is 3. The molecule has 72 heavy (non-hydrogen) atoms. The minimum Gasteiger partial charge on any atom is -0.462 e. The minimum absolute atomic E-state index is 0.0363. The van der Waals surface area contributed by atoms with Gasteiger partial charge < -0.3 is 39.9 Å². The Labute approximate surface area is 428 Å². The fourth-order valence-corrected chi connectivity index (χ4v) is 10.1. The largest absolute Gasteiger partial charge is 0.481 e. The Morgan fingerprint density at radius 2 is 1.28 bits per heavy atom. The molecule has 414 valence electrons. The van der Waals surface area contributed by atoms with Crippen LogP contribution in [0.3, 0.4) is 0 Å². The number of nitrogen functional groups attached to an aromatic ring is 1. The highest BCUT2D eigenvalue weighted by Gasteiger charge is 2.46. The summed E-state index contributed by atoms with van der Waals surface area (Å²) in [6, 6.07) is 1.24. The molecule has 2 unspecified atom stereocenters. The van der Waals surface area contributed by atoms with E-state index in [1.54, 1.807) is 12.2 Å². The molecule has 7 atom stereocenters. The molecule has 19 nitrogen and oxygen atoms in total. The molecule has 0 aromatic carbocycles. The van der Waals surface area contributed by atoms with Gasteiger partial charge in [0.2, 0.25) is 0 Å². The van der Waals surface area contributed by atoms with Crippen molar-refractivity contribution in [2.75, 3.05) is 25.6 Å². The van der Waals surface area contributed by atoms with Crippen molar-refractivity contribution < 1.29 is 71.1 Å². The van der Waals surface area contributed by atoms with Crippen LogP contribution >= 0.6 is 15.6 Å². The van der Waals surface area contributed by atoms with E-state index < -0.39 is 83.7 Å². The molecule has 1 aromatic heterocycles. The van der Waals surface area contributed by atoms with Crippen LogP contribution in [0.2, 0.25) is 0 Å². The number of hydrogen-bond acceptors (Lipinski definition) is 16. The number of phosphoric ester groups is 2. The highest BCUT2D eigenvalue weighted by atomic mass is 31.3. The lowest BCUT2D eigenvalue weighted by Gasteiger charge is -2.21. The highest BCUT2D eigenvalue weighted by molar-refractivity contribution is 7.61. The van der Waals surface area contributed by atoms with Gasteiger partial charge in [-0.15, -0.1) is 0 Å². The van der Waals surface area contributed by atoms with Gasteiger partial charge >= 0.3 is 33.3 Å². The summed E-state index contributed by atoms with van der Waals surface area (Å²) < 4.78 is 56.8. The summed E-state index contributed by atoms with van der Waals surface area (Å²) in [6.45, 7) is 4.31. The van der Waals surface area contributed by atoms with Gasteiger partial charge in [0, 0.05) is 25.5 Å². The number of carbonyl (C=O) groups excluding carboxylic acids is 3. The first-order chi connectivity index (χ1) is 34.4. The summed E-state index contributed by atoms with van der Waals surface area (Å²) in [4.78, 5) is 73.8. The Hall–Kier alpha value is -3.09. The molecule has 1 fully saturated rings. The third-order valence-corrected chi connectivity index (χ3v) is 14.8. The Balaban J connectivity index is 1.79. The Morgan fingerprint density at radius 1 is 0.736 bits per heavy atom. The first-order valence-electron chi connectivity index (χ1n) is 26.7. The van der Waals surface area contributed by atoms with Crippen LogP contribution in [0.25, 0.3) is 0 Å². The molecule has 6 N–H and O–H groups in total. The third kappa shape index (κ3) is 31.6. The number of aliphatic hydroxyl groups is 2. The fourth-order valence-electron chi connectivity index (χ4n) is 8.01. The van der Waals surface area contributed by atoms with Crippen LogP contribution in [0.4, 0.5) is 5.82 Å². The van der Waals surface area contributed by atoms with Crippen molar-refractivity contribution in [1.82, 2.24) is 9.55 Å². The number of aliphatic hydroxyl groups excluding tert-OH is 2. The molecule has 0 spiro atoms. The first-order valence-corrected chi connectivity index (χ1v) is 29.7. The number of nitrogens with two attached hydrogens (primary N) is 1. The summed E-state index contributed by atoms with van der Waals surface area (Å²) in [6.07, 6.45) is 28.1. The summed E-state index contributed by atoms with van der Waals surface area (Å²) >= 11 is 0. The molecule has 2 rings (SSSR count). The zero-order valence-corrected chi connectivity index (χ0v) is 45.2. The summed E-state index contributed by atoms with van der Waals surface area (Å²) in [5, 5.41) is 20.9. The molecule has 0 saturated carbocycles. The van der Waals surface area contributed by atoms with Crippen molar-refractivity contribution in [3.8, 4) is 0 Å². The molecule has 1 aliphatic rings. The van der Waals surface area contributed by atoms with Gasteiger partial charge in [0.1, 0.15) is 30.7 Å². The standard InChI is InChI=1S/C51H89N3O16P2/c1-4-5-26-32-42(55)33-28-23-19-15-13-17-20-24-29-34-46(56)65-38-43(68-47(57)35-30-25-21-16-12-10-8-6-7-9-11-14-18-22-27-31-41(2)3)39-66-71(61,62)70-72(63,64)67-40-44-48(58)49(59)50(69-44)54-37-36-45(52)53-51(54)60/h19,23,28,33,36-37,41,43-44,48-50,58-59H,4-18,20-22,24-27,29-32,34-35,38-40H2,1-3H3,(H,61,62)(H,63,64)(H2,52,53,60)/b23-19-,33-28+/t43-,44-,48-,49-,50-/m1/s1. The van der Waals surface area contributed by atoms with Crippen LogP contribution in [0.1, 0.15) is 207 Å². The number of allylic oxidation sites excluding steroid dienone is 4. The number of anilines is 1. The first kappa shape index (κ1) is 65.0. The van der Waals surface area contributed by atoms with Crippen LogP contribution in [0.5, 0.6) is 0 Å². The molecule has 0 amide bonds. The lowest BCUT2D eigenvalue weighted by atomic mass is 10.0. The van der Waals surface area contributed by atoms with E-state index in [2.05, 4.69) is 30.1 Å². The number of phosphoric acid groups is 2. The van der Waals surface area contributed by atoms with Crippen LogP contribution in [-0.2, 0) is 51.1 Å². The molecular weight excluding hydrogens is 973 g/mol. The Bertz CT molecular complexity index is 1880. The molecule has 0 bridgehead atoms. The Kier molecular flexibility index (Phi) is 34.7. The maximum atomic E-state index is 12.9. The van der Waals surface area contributed by atoms with E-state index in [4.69, 9.17) is 29.0 Å². The monoisotopic (exact) mass is 1060 g/mol. The van der Waals surface area contributed by atoms with Gasteiger partial charge in [-0.2, -0.15) is 9.29 Å². The van der Waals surface area contributed by atoms with E-state index in [9.17, 15) is 48.3 Å². The average Bonchev–Trinajstić information content (AvgIpc) is 3.60. The summed E-state index contributed by atoms with van der Waals surface area (Å²) in [7, 11) is -10.9. The van der Waals surface area contributed by atoms with Gasteiger partial charge in [0.25, 0.3) is 0 Å². The maximum Gasteiger partial charge on any atom is 0.481 e. The predicted molar refractivity (Wildman–Crippen MR) is 275 cm³/mol. The van der Waals surface area contributed by atoms with E-state index in [1.165, 1.54) is 76.7 Å². The normalized spacial score (nSPS) is 19.2. The zero-order chi connectivity index (χ0) is 53.0. The molecule has 21 heteroatoms. The minimum atomic E-state index is -5.44. The van der Waals surface area contributed by atoms with Gasteiger partial charge in [0.05, 0.1) is 13.2 Å². The average molecular weight is 1060 g/mol. The van der Waals surface area contributed by atoms with Gasteiger partial charge in [-0.05, 0) is 50.2 Å². The quantitative estimate of drug-likeness (QED) is 0.0133. The van der Waals surface area contributed by atoms with Gasteiger partial charge in [0.15, 0.2) is 18.1 Å². The molecule has 2 heterocycles. The molecular formula is C51H89N3O16P2. The Morgan fingerprint density at radius 3 is 1.86 bits per heavy atom. The van der Waals surface area contributed by atoms with Gasteiger partial charge in [-0.25, -0.2) is 13.9 Å². The molecule has 1 saturated heterocycles. The second-order valence-corrected chi connectivity index (χ2v) is 22.3. The van der Waals surface area contributed by atoms with E-state index in [-0.39, 0.29) is 24.4 Å². The number of rotatable bonds is 44. The molecule has 0 radical (unpaired) electrons. The lowest BCUT2D eigenvalue weighted by molar-refractivity contribution is -0.161.